The molecule has 0 bridgehead atoms. The van der Waals surface area contributed by atoms with Crippen molar-refractivity contribution in [3.05, 3.63) is 109 Å². The van der Waals surface area contributed by atoms with Crippen LogP contribution in [0, 0.1) is 0 Å². The van der Waals surface area contributed by atoms with E-state index in [1.807, 2.05) is 0 Å². The van der Waals surface area contributed by atoms with Gasteiger partial charge in [-0.3, -0.25) is 0 Å². The van der Waals surface area contributed by atoms with Crippen LogP contribution >= 0.6 is 0 Å². The first-order valence-electron chi connectivity index (χ1n) is 9.88. The summed E-state index contributed by atoms with van der Waals surface area (Å²) in [5, 5.41) is 5.23. The maximum absolute atomic E-state index is 2.38. The summed E-state index contributed by atoms with van der Waals surface area (Å²) in [4.78, 5) is 2.38. The van der Waals surface area contributed by atoms with Gasteiger partial charge in [-0.05, 0) is 51.2 Å². The summed E-state index contributed by atoms with van der Waals surface area (Å²) < 4.78 is 0. The molecule has 0 fully saturated rings. The molecule has 1 unspecified atom stereocenters. The number of fused-ring (bicyclic) bond motifs is 3. The van der Waals surface area contributed by atoms with Crippen LogP contribution in [-0.2, 0) is 0 Å². The summed E-state index contributed by atoms with van der Waals surface area (Å²) in [5.74, 6) is 0. The van der Waals surface area contributed by atoms with E-state index in [4.69, 9.17) is 0 Å². The first kappa shape index (κ1) is 16.8. The average molecular weight is 361 g/mol. The number of nitrogens with zero attached hydrogens (tertiary/aromatic N) is 1. The standard InChI is InChI=1S/C27H23N/c1-28(24-16-13-21(14-17-24)20-7-3-2-4-8-20)25-18-15-23-12-11-22-9-5-6-10-26(22)27(23)19-25/h2-16,18-19,24H,17H2,1H3. The minimum absolute atomic E-state index is 0.375. The van der Waals surface area contributed by atoms with E-state index in [-0.39, 0.29) is 0 Å². The van der Waals surface area contributed by atoms with E-state index in [2.05, 4.69) is 115 Å². The quantitative estimate of drug-likeness (QED) is 0.361. The highest BCUT2D eigenvalue weighted by atomic mass is 15.1. The molecule has 0 heterocycles. The molecule has 4 aromatic carbocycles. The predicted molar refractivity (Wildman–Crippen MR) is 122 cm³/mol. The predicted octanol–water partition coefficient (Wildman–Crippen LogP) is 6.84. The van der Waals surface area contributed by atoms with Gasteiger partial charge in [0.1, 0.15) is 0 Å². The van der Waals surface area contributed by atoms with Crippen molar-refractivity contribution in [3.63, 3.8) is 0 Å². The van der Waals surface area contributed by atoms with Gasteiger partial charge in [0.25, 0.3) is 0 Å². The van der Waals surface area contributed by atoms with Crippen molar-refractivity contribution in [2.75, 3.05) is 11.9 Å². The number of likely N-dealkylation sites (N-methyl/N-ethyl adjacent to an activating group) is 1. The monoisotopic (exact) mass is 361 g/mol. The number of anilines is 1. The Morgan fingerprint density at radius 3 is 2.25 bits per heavy atom. The summed E-state index contributed by atoms with van der Waals surface area (Å²) in [7, 11) is 2.20. The molecule has 28 heavy (non-hydrogen) atoms. The van der Waals surface area contributed by atoms with Gasteiger partial charge in [0.2, 0.25) is 0 Å². The molecule has 0 saturated heterocycles. The van der Waals surface area contributed by atoms with Gasteiger partial charge in [-0.1, -0.05) is 91.0 Å². The third kappa shape index (κ3) is 2.99. The van der Waals surface area contributed by atoms with Crippen molar-refractivity contribution < 1.29 is 0 Å². The van der Waals surface area contributed by atoms with Gasteiger partial charge in [0.05, 0.1) is 6.04 Å². The fourth-order valence-electron chi connectivity index (χ4n) is 4.14. The lowest BCUT2D eigenvalue weighted by atomic mass is 9.96. The van der Waals surface area contributed by atoms with Crippen LogP contribution in [0.2, 0.25) is 0 Å². The van der Waals surface area contributed by atoms with Crippen molar-refractivity contribution >= 4 is 32.8 Å². The Labute approximate surface area is 166 Å². The molecule has 0 N–H and O–H groups in total. The van der Waals surface area contributed by atoms with Gasteiger partial charge < -0.3 is 4.90 Å². The van der Waals surface area contributed by atoms with Gasteiger partial charge in [0, 0.05) is 12.7 Å². The van der Waals surface area contributed by atoms with Crippen LogP contribution in [0.4, 0.5) is 5.69 Å². The molecular formula is C27H23N. The highest BCUT2D eigenvalue weighted by Crippen LogP contribution is 2.31. The first-order chi connectivity index (χ1) is 13.8. The Kier molecular flexibility index (Phi) is 4.21. The average Bonchev–Trinajstić information content (AvgIpc) is 2.79. The van der Waals surface area contributed by atoms with Crippen molar-refractivity contribution in [1.29, 1.82) is 0 Å². The number of rotatable bonds is 3. The lowest BCUT2D eigenvalue weighted by Gasteiger charge is -2.29. The first-order valence-corrected chi connectivity index (χ1v) is 9.88. The minimum Gasteiger partial charge on any atom is -0.368 e. The Balaban J connectivity index is 1.45. The molecule has 0 spiro atoms. The van der Waals surface area contributed by atoms with E-state index in [0.29, 0.717) is 6.04 Å². The molecule has 1 heteroatoms. The fourth-order valence-corrected chi connectivity index (χ4v) is 4.14. The van der Waals surface area contributed by atoms with Crippen LogP contribution in [0.1, 0.15) is 12.0 Å². The highest BCUT2D eigenvalue weighted by molar-refractivity contribution is 6.08. The molecular weight excluding hydrogens is 338 g/mol. The molecule has 0 amide bonds. The fraction of sp³-hybridized carbons (Fsp3) is 0.111. The van der Waals surface area contributed by atoms with E-state index in [0.717, 1.165) is 6.42 Å². The van der Waals surface area contributed by atoms with E-state index < -0.39 is 0 Å². The molecule has 5 rings (SSSR count). The molecule has 4 aromatic rings. The zero-order valence-electron chi connectivity index (χ0n) is 16.0. The SMILES string of the molecule is CN(c1ccc2ccc3ccccc3c2c1)C1C=CC(c2ccccc2)=CC1. The normalized spacial score (nSPS) is 16.3. The van der Waals surface area contributed by atoms with Gasteiger partial charge in [-0.15, -0.1) is 0 Å². The lowest BCUT2D eigenvalue weighted by molar-refractivity contribution is 0.756. The molecule has 1 aliphatic carbocycles. The van der Waals surface area contributed by atoms with E-state index in [1.54, 1.807) is 0 Å². The van der Waals surface area contributed by atoms with Crippen molar-refractivity contribution in [1.82, 2.24) is 0 Å². The van der Waals surface area contributed by atoms with Crippen molar-refractivity contribution in [2.24, 2.45) is 0 Å². The molecule has 136 valence electrons. The zero-order valence-corrected chi connectivity index (χ0v) is 16.0. The summed E-state index contributed by atoms with van der Waals surface area (Å²) >= 11 is 0. The number of hydrogen-bond donors (Lipinski definition) is 0. The summed E-state index contributed by atoms with van der Waals surface area (Å²) in [5.41, 5.74) is 3.86. The molecule has 0 aromatic heterocycles. The summed E-state index contributed by atoms with van der Waals surface area (Å²) in [6.45, 7) is 0. The Morgan fingerprint density at radius 2 is 1.46 bits per heavy atom. The van der Waals surface area contributed by atoms with Crippen LogP contribution in [-0.4, -0.2) is 13.1 Å². The Morgan fingerprint density at radius 1 is 0.750 bits per heavy atom. The van der Waals surface area contributed by atoms with Crippen molar-refractivity contribution in [3.8, 4) is 0 Å². The molecule has 1 aliphatic rings. The zero-order chi connectivity index (χ0) is 18.9. The van der Waals surface area contributed by atoms with Crippen LogP contribution in [0.15, 0.2) is 103 Å². The van der Waals surface area contributed by atoms with Gasteiger partial charge in [0.15, 0.2) is 0 Å². The second kappa shape index (κ2) is 7.01. The van der Waals surface area contributed by atoms with Crippen LogP contribution in [0.5, 0.6) is 0 Å². The number of benzene rings is 4. The van der Waals surface area contributed by atoms with E-state index in [9.17, 15) is 0 Å². The number of hydrogen-bond acceptors (Lipinski definition) is 1. The maximum Gasteiger partial charge on any atom is 0.0507 e. The second-order valence-electron chi connectivity index (χ2n) is 7.49. The molecule has 0 radical (unpaired) electrons. The molecule has 0 aliphatic heterocycles. The van der Waals surface area contributed by atoms with Crippen LogP contribution in [0.25, 0.3) is 27.1 Å². The second-order valence-corrected chi connectivity index (χ2v) is 7.49. The van der Waals surface area contributed by atoms with Gasteiger partial charge in [-0.2, -0.15) is 0 Å². The highest BCUT2D eigenvalue weighted by Gasteiger charge is 2.16. The van der Waals surface area contributed by atoms with E-state index in [1.165, 1.54) is 38.4 Å². The summed E-state index contributed by atoms with van der Waals surface area (Å²) in [6.07, 6.45) is 7.96. The van der Waals surface area contributed by atoms with Gasteiger partial charge in [-0.25, -0.2) is 0 Å². The number of allylic oxidation sites excluding steroid dienone is 2. The smallest absolute Gasteiger partial charge is 0.0507 e. The molecule has 1 nitrogen and oxygen atoms in total. The lowest BCUT2D eigenvalue weighted by Crippen LogP contribution is -2.30. The van der Waals surface area contributed by atoms with Crippen molar-refractivity contribution in [2.45, 2.75) is 12.5 Å². The third-order valence-electron chi connectivity index (χ3n) is 5.82. The minimum atomic E-state index is 0.375. The Hall–Kier alpha value is -3.32. The largest absolute Gasteiger partial charge is 0.368 e. The Bertz CT molecular complexity index is 1200. The molecule has 1 atom stereocenters. The maximum atomic E-state index is 2.38. The topological polar surface area (TPSA) is 3.24 Å². The van der Waals surface area contributed by atoms with Gasteiger partial charge >= 0.3 is 0 Å². The molecule has 0 saturated carbocycles. The summed E-state index contributed by atoms with van der Waals surface area (Å²) in [6, 6.07) is 30.9. The van der Waals surface area contributed by atoms with E-state index >= 15 is 0 Å². The van der Waals surface area contributed by atoms with Crippen LogP contribution in [0.3, 0.4) is 0 Å². The van der Waals surface area contributed by atoms with Crippen LogP contribution < -0.4 is 4.90 Å². The third-order valence-corrected chi connectivity index (χ3v) is 5.82.